The Hall–Kier alpha value is -2.04. The average molecular weight is 300 g/mol. The van der Waals surface area contributed by atoms with Crippen molar-refractivity contribution in [1.29, 1.82) is 0 Å². The maximum absolute atomic E-state index is 11.7. The molecule has 0 atom stereocenters. The van der Waals surface area contributed by atoms with Crippen molar-refractivity contribution in [2.24, 2.45) is 0 Å². The minimum Gasteiger partial charge on any atom is -0.379 e. The summed E-state index contributed by atoms with van der Waals surface area (Å²) in [5, 5.41) is 15.4. The van der Waals surface area contributed by atoms with Crippen molar-refractivity contribution >= 4 is 28.3 Å². The van der Waals surface area contributed by atoms with E-state index < -0.39 is 16.9 Å². The number of urea groups is 1. The molecule has 0 radical (unpaired) electrons. The zero-order chi connectivity index (χ0) is 14.5. The molecule has 0 unspecified atom stereocenters. The second-order valence-corrected chi connectivity index (χ2v) is 4.81. The van der Waals surface area contributed by atoms with Gasteiger partial charge in [0.2, 0.25) is 0 Å². The Balaban J connectivity index is 1.86. The van der Waals surface area contributed by atoms with Crippen LogP contribution in [0.1, 0.15) is 10.4 Å². The predicted octanol–water partition coefficient (Wildman–Crippen LogP) is 0.343. The van der Waals surface area contributed by atoms with E-state index in [1.54, 1.807) is 5.01 Å². The maximum Gasteiger partial charge on any atom is 0.336 e. The van der Waals surface area contributed by atoms with E-state index >= 15 is 0 Å². The molecule has 2 rings (SSSR count). The number of nitrogens with zero attached hydrogens (tertiary/aromatic N) is 2. The molecule has 1 aliphatic heterocycles. The molecule has 1 aromatic rings. The Kier molecular flexibility index (Phi) is 4.61. The number of ether oxygens (including phenoxy) is 1. The summed E-state index contributed by atoms with van der Waals surface area (Å²) in [6, 6.07) is 0.452. The van der Waals surface area contributed by atoms with Crippen molar-refractivity contribution in [3.05, 3.63) is 27.1 Å². The normalized spacial score (nSPS) is 15.6. The van der Waals surface area contributed by atoms with Crippen LogP contribution in [0.3, 0.4) is 0 Å². The van der Waals surface area contributed by atoms with Gasteiger partial charge in [0.15, 0.2) is 0 Å². The highest BCUT2D eigenvalue weighted by Crippen LogP contribution is 2.22. The van der Waals surface area contributed by atoms with E-state index in [1.165, 1.54) is 5.38 Å². The number of imide groups is 1. The van der Waals surface area contributed by atoms with Gasteiger partial charge in [0.25, 0.3) is 5.91 Å². The van der Waals surface area contributed by atoms with Gasteiger partial charge in [0, 0.05) is 24.5 Å². The van der Waals surface area contributed by atoms with Crippen molar-refractivity contribution in [2.45, 2.75) is 0 Å². The van der Waals surface area contributed by atoms with Gasteiger partial charge in [-0.1, -0.05) is 11.3 Å². The van der Waals surface area contributed by atoms with Gasteiger partial charge >= 0.3 is 11.0 Å². The number of nitrogens with one attached hydrogen (secondary N) is 2. The van der Waals surface area contributed by atoms with Crippen molar-refractivity contribution in [3.63, 3.8) is 0 Å². The third-order valence-electron chi connectivity index (χ3n) is 2.53. The molecule has 20 heavy (non-hydrogen) atoms. The van der Waals surface area contributed by atoms with Gasteiger partial charge in [-0.3, -0.25) is 25.7 Å². The van der Waals surface area contributed by atoms with Crippen LogP contribution in [0, 0.1) is 10.1 Å². The summed E-state index contributed by atoms with van der Waals surface area (Å²) in [5.41, 5.74) is 2.58. The monoisotopic (exact) mass is 300 g/mol. The number of thiophene rings is 1. The fraction of sp³-hybridized carbons (Fsp3) is 0.400. The Morgan fingerprint density at radius 1 is 1.40 bits per heavy atom. The lowest BCUT2D eigenvalue weighted by Crippen LogP contribution is -2.52. The van der Waals surface area contributed by atoms with Gasteiger partial charge < -0.3 is 4.74 Å². The van der Waals surface area contributed by atoms with E-state index in [4.69, 9.17) is 4.74 Å². The summed E-state index contributed by atoms with van der Waals surface area (Å²) in [7, 11) is 0. The molecule has 1 fully saturated rings. The van der Waals surface area contributed by atoms with Crippen LogP contribution in [-0.2, 0) is 4.74 Å². The van der Waals surface area contributed by atoms with E-state index in [0.29, 0.717) is 26.3 Å². The molecule has 0 spiro atoms. The van der Waals surface area contributed by atoms with Crippen LogP contribution in [0.15, 0.2) is 11.4 Å². The van der Waals surface area contributed by atoms with Crippen LogP contribution in [0.25, 0.3) is 0 Å². The number of carbonyl (C=O) groups excluding carboxylic acids is 2. The standard InChI is InChI=1S/C10H12N4O5S/c15-9(7-5-8(14(17)18)20-6-7)11-10(16)12-13-1-3-19-4-2-13/h5-6H,1-4H2,(H2,11,12,15,16). The van der Waals surface area contributed by atoms with Gasteiger partial charge in [-0.05, 0) is 0 Å². The number of morpholine rings is 1. The van der Waals surface area contributed by atoms with Crippen molar-refractivity contribution in [2.75, 3.05) is 26.3 Å². The summed E-state index contributed by atoms with van der Waals surface area (Å²) in [4.78, 5) is 33.2. The lowest BCUT2D eigenvalue weighted by atomic mass is 10.3. The van der Waals surface area contributed by atoms with Crippen LogP contribution in [0.2, 0.25) is 0 Å². The molecule has 1 aromatic heterocycles. The van der Waals surface area contributed by atoms with E-state index in [0.717, 1.165) is 17.4 Å². The summed E-state index contributed by atoms with van der Waals surface area (Å²) >= 11 is 0.830. The van der Waals surface area contributed by atoms with Gasteiger partial charge in [0.1, 0.15) is 0 Å². The molecule has 0 aromatic carbocycles. The largest absolute Gasteiger partial charge is 0.379 e. The fourth-order valence-electron chi connectivity index (χ4n) is 1.56. The number of amides is 3. The number of nitro groups is 1. The van der Waals surface area contributed by atoms with Gasteiger partial charge in [-0.15, -0.1) is 0 Å². The first kappa shape index (κ1) is 14.4. The molecule has 108 valence electrons. The summed E-state index contributed by atoms with van der Waals surface area (Å²) in [6.45, 7) is 2.08. The number of hydrazine groups is 1. The molecular weight excluding hydrogens is 288 g/mol. The van der Waals surface area contributed by atoms with Crippen LogP contribution in [0.4, 0.5) is 9.80 Å². The molecule has 0 aliphatic carbocycles. The van der Waals surface area contributed by atoms with Crippen molar-refractivity contribution in [3.8, 4) is 0 Å². The fourth-order valence-corrected chi connectivity index (χ4v) is 2.27. The zero-order valence-electron chi connectivity index (χ0n) is 10.3. The third kappa shape index (κ3) is 3.73. The molecule has 1 saturated heterocycles. The third-order valence-corrected chi connectivity index (χ3v) is 3.41. The number of rotatable bonds is 3. The van der Waals surface area contributed by atoms with E-state index in [9.17, 15) is 19.7 Å². The Bertz CT molecular complexity index is 525. The van der Waals surface area contributed by atoms with Crippen LogP contribution < -0.4 is 10.7 Å². The first-order valence-corrected chi connectivity index (χ1v) is 6.62. The highest BCUT2D eigenvalue weighted by molar-refractivity contribution is 7.13. The maximum atomic E-state index is 11.7. The molecule has 0 bridgehead atoms. The first-order chi connectivity index (χ1) is 9.56. The topological polar surface area (TPSA) is 114 Å². The highest BCUT2D eigenvalue weighted by atomic mass is 32.1. The van der Waals surface area contributed by atoms with Gasteiger partial charge in [-0.25, -0.2) is 9.80 Å². The Labute approximate surface area is 117 Å². The van der Waals surface area contributed by atoms with Crippen molar-refractivity contribution in [1.82, 2.24) is 15.8 Å². The summed E-state index contributed by atoms with van der Waals surface area (Å²) in [6.07, 6.45) is 0. The highest BCUT2D eigenvalue weighted by Gasteiger charge is 2.18. The molecule has 2 heterocycles. The Morgan fingerprint density at radius 3 is 2.70 bits per heavy atom. The van der Waals surface area contributed by atoms with Gasteiger partial charge in [0.05, 0.1) is 23.7 Å². The second-order valence-electron chi connectivity index (χ2n) is 3.93. The number of hydrogen-bond acceptors (Lipinski definition) is 7. The quantitative estimate of drug-likeness (QED) is 0.614. The second kappa shape index (κ2) is 6.41. The molecule has 1 aliphatic rings. The lowest BCUT2D eigenvalue weighted by molar-refractivity contribution is -0.380. The average Bonchev–Trinajstić information content (AvgIpc) is 2.89. The predicted molar refractivity (Wildman–Crippen MR) is 69.4 cm³/mol. The summed E-state index contributed by atoms with van der Waals surface area (Å²) < 4.78 is 5.11. The molecule has 2 N–H and O–H groups in total. The lowest BCUT2D eigenvalue weighted by Gasteiger charge is -2.26. The SMILES string of the molecule is O=C(NC(=O)c1csc([N+](=O)[O-])c1)NN1CCOCC1. The Morgan fingerprint density at radius 2 is 2.10 bits per heavy atom. The van der Waals surface area contributed by atoms with E-state index in [-0.39, 0.29) is 10.6 Å². The van der Waals surface area contributed by atoms with Gasteiger partial charge in [-0.2, -0.15) is 0 Å². The van der Waals surface area contributed by atoms with Crippen molar-refractivity contribution < 1.29 is 19.2 Å². The summed E-state index contributed by atoms with van der Waals surface area (Å²) in [5.74, 6) is -0.680. The zero-order valence-corrected chi connectivity index (χ0v) is 11.1. The molecule has 9 nitrogen and oxygen atoms in total. The van der Waals surface area contributed by atoms with Crippen LogP contribution in [0.5, 0.6) is 0 Å². The molecule has 3 amide bonds. The minimum absolute atomic E-state index is 0.0822. The number of carbonyl (C=O) groups is 2. The molecular formula is C10H12N4O5S. The first-order valence-electron chi connectivity index (χ1n) is 5.74. The minimum atomic E-state index is -0.680. The van der Waals surface area contributed by atoms with Crippen LogP contribution >= 0.6 is 11.3 Å². The van der Waals surface area contributed by atoms with Crippen LogP contribution in [-0.4, -0.2) is 48.2 Å². The molecule has 0 saturated carbocycles. The molecule has 10 heteroatoms. The smallest absolute Gasteiger partial charge is 0.336 e. The van der Waals surface area contributed by atoms with E-state index in [1.807, 2.05) is 0 Å². The van der Waals surface area contributed by atoms with E-state index in [2.05, 4.69) is 10.7 Å². The number of hydrogen-bond donors (Lipinski definition) is 2.